The fourth-order valence-electron chi connectivity index (χ4n) is 1.91. The smallest absolute Gasteiger partial charge is 0.236 e. The van der Waals surface area contributed by atoms with Gasteiger partial charge in [0.15, 0.2) is 0 Å². The molecule has 0 saturated carbocycles. The van der Waals surface area contributed by atoms with Gasteiger partial charge in [-0.15, -0.1) is 22.7 Å². The molecule has 0 atom stereocenters. The van der Waals surface area contributed by atoms with Gasteiger partial charge in [0.1, 0.15) is 29.7 Å². The Kier molecular flexibility index (Phi) is 3.13. The highest BCUT2D eigenvalue weighted by atomic mass is 32.1. The normalized spacial score (nSPS) is 11.0. The number of thiophene rings is 2. The number of nitrogens with zero attached hydrogens (tertiary/aromatic N) is 3. The van der Waals surface area contributed by atoms with Crippen molar-refractivity contribution in [1.82, 2.24) is 15.0 Å². The molecule has 5 nitrogen and oxygen atoms in total. The van der Waals surface area contributed by atoms with Crippen LogP contribution in [0.1, 0.15) is 5.69 Å². The molecule has 0 amide bonds. The van der Waals surface area contributed by atoms with E-state index in [2.05, 4.69) is 15.0 Å². The average Bonchev–Trinajstić information content (AvgIpc) is 3.23. The molecular formula is C14H9N3O2S2. The van der Waals surface area contributed by atoms with Crippen LogP contribution in [-0.4, -0.2) is 15.0 Å². The van der Waals surface area contributed by atoms with Crippen molar-refractivity contribution in [1.29, 1.82) is 0 Å². The average molecular weight is 315 g/mol. The van der Waals surface area contributed by atoms with Crippen LogP contribution in [0.4, 0.5) is 0 Å². The van der Waals surface area contributed by atoms with E-state index in [0.717, 1.165) is 20.8 Å². The van der Waals surface area contributed by atoms with Crippen LogP contribution in [0.15, 0.2) is 46.0 Å². The second kappa shape index (κ2) is 5.27. The SMILES string of the molecule is c1csc(-c2nc(COc3ncnc4sccc34)co2)c1. The zero-order valence-corrected chi connectivity index (χ0v) is 12.4. The fraction of sp³-hybridized carbons (Fsp3) is 0.0714. The summed E-state index contributed by atoms with van der Waals surface area (Å²) in [5, 5.41) is 4.88. The van der Waals surface area contributed by atoms with Gasteiger partial charge in [0, 0.05) is 0 Å². The number of hydrogen-bond acceptors (Lipinski definition) is 7. The summed E-state index contributed by atoms with van der Waals surface area (Å²) in [5.41, 5.74) is 0.736. The first-order valence-corrected chi connectivity index (χ1v) is 7.95. The summed E-state index contributed by atoms with van der Waals surface area (Å²) in [6.07, 6.45) is 3.12. The molecular weight excluding hydrogens is 306 g/mol. The van der Waals surface area contributed by atoms with Gasteiger partial charge in [-0.1, -0.05) is 6.07 Å². The van der Waals surface area contributed by atoms with E-state index in [9.17, 15) is 0 Å². The summed E-state index contributed by atoms with van der Waals surface area (Å²) in [6, 6.07) is 5.89. The zero-order chi connectivity index (χ0) is 14.1. The van der Waals surface area contributed by atoms with Gasteiger partial charge in [-0.3, -0.25) is 0 Å². The third-order valence-electron chi connectivity index (χ3n) is 2.87. The molecule has 4 aromatic rings. The van der Waals surface area contributed by atoms with Crippen molar-refractivity contribution in [3.63, 3.8) is 0 Å². The van der Waals surface area contributed by atoms with Gasteiger partial charge in [-0.2, -0.15) is 0 Å². The molecule has 4 heterocycles. The molecule has 0 aliphatic heterocycles. The second-order valence-corrected chi connectivity index (χ2v) is 6.07. The molecule has 0 aliphatic rings. The Balaban J connectivity index is 1.53. The van der Waals surface area contributed by atoms with Gasteiger partial charge in [-0.25, -0.2) is 15.0 Å². The van der Waals surface area contributed by atoms with Crippen LogP contribution < -0.4 is 4.74 Å². The van der Waals surface area contributed by atoms with Crippen LogP contribution in [0.2, 0.25) is 0 Å². The van der Waals surface area contributed by atoms with Crippen LogP contribution in [0, 0.1) is 0 Å². The summed E-state index contributed by atoms with van der Waals surface area (Å²) in [4.78, 5) is 14.7. The molecule has 0 fully saturated rings. The van der Waals surface area contributed by atoms with E-state index in [1.807, 2.05) is 29.0 Å². The van der Waals surface area contributed by atoms with Crippen LogP contribution in [0.5, 0.6) is 5.88 Å². The maximum Gasteiger partial charge on any atom is 0.236 e. The molecule has 0 radical (unpaired) electrons. The van der Waals surface area contributed by atoms with Gasteiger partial charge in [0.2, 0.25) is 11.8 Å². The second-order valence-electron chi connectivity index (χ2n) is 4.23. The summed E-state index contributed by atoms with van der Waals surface area (Å²) < 4.78 is 11.2. The predicted molar refractivity (Wildman–Crippen MR) is 81.6 cm³/mol. The summed E-state index contributed by atoms with van der Waals surface area (Å²) in [6.45, 7) is 0.316. The monoisotopic (exact) mass is 315 g/mol. The van der Waals surface area contributed by atoms with E-state index in [1.165, 1.54) is 6.33 Å². The van der Waals surface area contributed by atoms with Crippen molar-refractivity contribution in [2.45, 2.75) is 6.61 Å². The van der Waals surface area contributed by atoms with E-state index >= 15 is 0 Å². The van der Waals surface area contributed by atoms with Crippen molar-refractivity contribution in [2.75, 3.05) is 0 Å². The van der Waals surface area contributed by atoms with Crippen LogP contribution >= 0.6 is 22.7 Å². The molecule has 0 saturated heterocycles. The first kappa shape index (κ1) is 12.5. The molecule has 4 aromatic heterocycles. The highest BCUT2D eigenvalue weighted by Crippen LogP contribution is 2.27. The van der Waals surface area contributed by atoms with E-state index < -0.39 is 0 Å². The molecule has 0 N–H and O–H groups in total. The molecule has 0 unspecified atom stereocenters. The van der Waals surface area contributed by atoms with Crippen molar-refractivity contribution in [3.05, 3.63) is 47.2 Å². The Bertz CT molecular complexity index is 867. The molecule has 0 bridgehead atoms. The molecule has 4 rings (SSSR count). The van der Waals surface area contributed by atoms with Crippen LogP contribution in [0.25, 0.3) is 21.0 Å². The third-order valence-corrected chi connectivity index (χ3v) is 4.54. The van der Waals surface area contributed by atoms with Crippen molar-refractivity contribution in [2.24, 2.45) is 0 Å². The minimum absolute atomic E-state index is 0.316. The van der Waals surface area contributed by atoms with Gasteiger partial charge in [0.05, 0.1) is 10.3 Å². The number of rotatable bonds is 4. The fourth-order valence-corrected chi connectivity index (χ4v) is 3.29. The number of ether oxygens (including phenoxy) is 1. The minimum atomic E-state index is 0.316. The topological polar surface area (TPSA) is 61.0 Å². The first-order valence-electron chi connectivity index (χ1n) is 6.19. The maximum absolute atomic E-state index is 5.73. The van der Waals surface area contributed by atoms with Crippen molar-refractivity contribution < 1.29 is 9.15 Å². The summed E-state index contributed by atoms with van der Waals surface area (Å²) >= 11 is 3.15. The molecule has 104 valence electrons. The molecule has 0 spiro atoms. The lowest BCUT2D eigenvalue weighted by molar-refractivity contribution is 0.292. The molecule has 0 aromatic carbocycles. The molecule has 0 aliphatic carbocycles. The number of oxazole rings is 1. The minimum Gasteiger partial charge on any atom is -0.470 e. The standard InChI is InChI=1S/C14H9N3O2S2/c1-2-11(20-4-1)13-17-9(7-19-13)6-18-12-10-3-5-21-14(10)16-8-15-12/h1-5,7-8H,6H2. The van der Waals surface area contributed by atoms with E-state index in [1.54, 1.807) is 28.9 Å². The largest absolute Gasteiger partial charge is 0.470 e. The van der Waals surface area contributed by atoms with Gasteiger partial charge < -0.3 is 9.15 Å². The third kappa shape index (κ3) is 2.41. The number of fused-ring (bicyclic) bond motifs is 1. The van der Waals surface area contributed by atoms with Gasteiger partial charge >= 0.3 is 0 Å². The Morgan fingerprint density at radius 2 is 2.14 bits per heavy atom. The van der Waals surface area contributed by atoms with Crippen LogP contribution in [-0.2, 0) is 6.61 Å². The summed E-state index contributed by atoms with van der Waals surface area (Å²) in [5.74, 6) is 1.19. The quantitative estimate of drug-likeness (QED) is 0.570. The van der Waals surface area contributed by atoms with Crippen LogP contribution in [0.3, 0.4) is 0 Å². The van der Waals surface area contributed by atoms with E-state index in [-0.39, 0.29) is 0 Å². The number of aromatic nitrogens is 3. The predicted octanol–water partition coefficient (Wildman–Crippen LogP) is 3.99. The molecule has 21 heavy (non-hydrogen) atoms. The van der Waals surface area contributed by atoms with E-state index in [0.29, 0.717) is 18.4 Å². The maximum atomic E-state index is 5.73. The lowest BCUT2D eigenvalue weighted by atomic mass is 10.4. The highest BCUT2D eigenvalue weighted by molar-refractivity contribution is 7.16. The van der Waals surface area contributed by atoms with Gasteiger partial charge in [0.25, 0.3) is 0 Å². The first-order chi connectivity index (χ1) is 10.4. The Labute approximate surface area is 127 Å². The number of hydrogen-bond donors (Lipinski definition) is 0. The highest BCUT2D eigenvalue weighted by Gasteiger charge is 2.10. The Morgan fingerprint density at radius 3 is 3.05 bits per heavy atom. The summed E-state index contributed by atoms with van der Waals surface area (Å²) in [7, 11) is 0. The lowest BCUT2D eigenvalue weighted by Gasteiger charge is -2.02. The van der Waals surface area contributed by atoms with Crippen molar-refractivity contribution >= 4 is 32.9 Å². The zero-order valence-electron chi connectivity index (χ0n) is 10.7. The Hall–Kier alpha value is -2.25. The lowest BCUT2D eigenvalue weighted by Crippen LogP contribution is -1.98. The Morgan fingerprint density at radius 1 is 1.14 bits per heavy atom. The van der Waals surface area contributed by atoms with Crippen molar-refractivity contribution in [3.8, 4) is 16.6 Å². The molecule has 7 heteroatoms. The van der Waals surface area contributed by atoms with Gasteiger partial charge in [-0.05, 0) is 22.9 Å². The van der Waals surface area contributed by atoms with E-state index in [4.69, 9.17) is 9.15 Å².